The lowest BCUT2D eigenvalue weighted by Gasteiger charge is -2.08. The van der Waals surface area contributed by atoms with E-state index in [9.17, 15) is 0 Å². The molecule has 0 saturated heterocycles. The Morgan fingerprint density at radius 2 is 1.03 bits per heavy atom. The molecule has 4 N–H and O–H groups in total. The van der Waals surface area contributed by atoms with Gasteiger partial charge in [-0.25, -0.2) is 0 Å². The number of fused-ring (bicyclic) bond motifs is 6. The van der Waals surface area contributed by atoms with E-state index >= 15 is 0 Å². The molecule has 4 aromatic heterocycles. The topological polar surface area (TPSA) is 99.9 Å². The van der Waals surface area contributed by atoms with Crippen molar-refractivity contribution in [3.63, 3.8) is 0 Å². The van der Waals surface area contributed by atoms with Crippen molar-refractivity contribution in [2.45, 2.75) is 13.1 Å². The minimum Gasteiger partial charge on any atom is -0.378 e. The highest BCUT2D eigenvalue weighted by molar-refractivity contribution is 6.08. The SMILES string of the molecule is c1ccc2c(c1)[nH]c1c(CNCCOCCOCCNCc3nccc4c3[nH]c3ccccc34)nccc12. The molecule has 6 rings (SSSR count). The van der Waals surface area contributed by atoms with Crippen molar-refractivity contribution in [1.82, 2.24) is 30.6 Å². The average Bonchev–Trinajstić information content (AvgIpc) is 3.53. The van der Waals surface area contributed by atoms with Gasteiger partial charge in [-0.15, -0.1) is 0 Å². The largest absolute Gasteiger partial charge is 0.378 e. The summed E-state index contributed by atoms with van der Waals surface area (Å²) in [7, 11) is 0. The summed E-state index contributed by atoms with van der Waals surface area (Å²) in [4.78, 5) is 16.1. The molecule has 194 valence electrons. The highest BCUT2D eigenvalue weighted by Gasteiger charge is 2.09. The van der Waals surface area contributed by atoms with Gasteiger partial charge in [-0.05, 0) is 24.3 Å². The van der Waals surface area contributed by atoms with Crippen LogP contribution in [-0.2, 0) is 22.6 Å². The Balaban J connectivity index is 0.852. The monoisotopic (exact) mass is 508 g/mol. The number of H-pyrrole nitrogens is 2. The van der Waals surface area contributed by atoms with Crippen LogP contribution in [0.1, 0.15) is 11.4 Å². The third-order valence-electron chi connectivity index (χ3n) is 6.82. The minimum absolute atomic E-state index is 0.577. The van der Waals surface area contributed by atoms with Crippen molar-refractivity contribution in [3.8, 4) is 0 Å². The molecule has 0 aliphatic heterocycles. The lowest BCUT2D eigenvalue weighted by molar-refractivity contribution is 0.0497. The summed E-state index contributed by atoms with van der Waals surface area (Å²) in [6.07, 6.45) is 3.75. The van der Waals surface area contributed by atoms with Crippen molar-refractivity contribution in [2.24, 2.45) is 0 Å². The van der Waals surface area contributed by atoms with Gasteiger partial charge in [0.15, 0.2) is 0 Å². The van der Waals surface area contributed by atoms with Gasteiger partial charge in [-0.2, -0.15) is 0 Å². The Labute approximate surface area is 220 Å². The number of pyridine rings is 2. The molecule has 2 aromatic carbocycles. The summed E-state index contributed by atoms with van der Waals surface area (Å²) >= 11 is 0. The maximum atomic E-state index is 5.71. The lowest BCUT2D eigenvalue weighted by atomic mass is 10.1. The molecule has 0 unspecified atom stereocenters. The van der Waals surface area contributed by atoms with E-state index in [-0.39, 0.29) is 0 Å². The quantitative estimate of drug-likeness (QED) is 0.169. The number of nitrogens with zero attached hydrogens (tertiary/aromatic N) is 2. The van der Waals surface area contributed by atoms with Crippen molar-refractivity contribution >= 4 is 43.6 Å². The third-order valence-corrected chi connectivity index (χ3v) is 6.82. The fourth-order valence-corrected chi connectivity index (χ4v) is 4.95. The third kappa shape index (κ3) is 5.25. The maximum absolute atomic E-state index is 5.71. The van der Waals surface area contributed by atoms with E-state index in [0.29, 0.717) is 39.5 Å². The number of aromatic nitrogens is 4. The first-order chi connectivity index (χ1) is 18.9. The second-order valence-corrected chi connectivity index (χ2v) is 9.28. The van der Waals surface area contributed by atoms with Crippen LogP contribution < -0.4 is 10.6 Å². The van der Waals surface area contributed by atoms with E-state index in [1.807, 2.05) is 24.5 Å². The summed E-state index contributed by atoms with van der Waals surface area (Å²) in [5.74, 6) is 0. The zero-order valence-corrected chi connectivity index (χ0v) is 21.3. The summed E-state index contributed by atoms with van der Waals surface area (Å²) in [6.45, 7) is 5.31. The molecule has 0 fully saturated rings. The van der Waals surface area contributed by atoms with E-state index in [2.05, 4.69) is 79.1 Å². The molecule has 4 heterocycles. The first-order valence-corrected chi connectivity index (χ1v) is 13.1. The van der Waals surface area contributed by atoms with Crippen LogP contribution in [0, 0.1) is 0 Å². The van der Waals surface area contributed by atoms with Gasteiger partial charge in [0.2, 0.25) is 0 Å². The van der Waals surface area contributed by atoms with E-state index in [1.165, 1.54) is 21.5 Å². The number of hydrogen-bond acceptors (Lipinski definition) is 6. The molecule has 0 aliphatic carbocycles. The predicted molar refractivity (Wildman–Crippen MR) is 152 cm³/mol. The van der Waals surface area contributed by atoms with Crippen LogP contribution in [0.4, 0.5) is 0 Å². The molecule has 0 spiro atoms. The van der Waals surface area contributed by atoms with Crippen molar-refractivity contribution < 1.29 is 9.47 Å². The molecule has 0 aliphatic rings. The van der Waals surface area contributed by atoms with Crippen LogP contribution in [-0.4, -0.2) is 59.5 Å². The van der Waals surface area contributed by atoms with Crippen LogP contribution in [0.3, 0.4) is 0 Å². The fraction of sp³-hybridized carbons (Fsp3) is 0.267. The first kappa shape index (κ1) is 24.5. The summed E-state index contributed by atoms with van der Waals surface area (Å²) in [5.41, 5.74) is 6.50. The highest BCUT2D eigenvalue weighted by atomic mass is 16.5. The zero-order chi connectivity index (χ0) is 25.6. The highest BCUT2D eigenvalue weighted by Crippen LogP contribution is 2.27. The molecule has 0 atom stereocenters. The second-order valence-electron chi connectivity index (χ2n) is 9.28. The zero-order valence-electron chi connectivity index (χ0n) is 21.3. The van der Waals surface area contributed by atoms with Crippen molar-refractivity contribution in [1.29, 1.82) is 0 Å². The summed E-state index contributed by atoms with van der Waals surface area (Å²) in [5, 5.41) is 11.7. The van der Waals surface area contributed by atoms with Gasteiger partial charge in [0.05, 0.1) is 48.8 Å². The Morgan fingerprint density at radius 1 is 0.553 bits per heavy atom. The number of ether oxygens (including phenoxy) is 2. The first-order valence-electron chi connectivity index (χ1n) is 13.1. The lowest BCUT2D eigenvalue weighted by Crippen LogP contribution is -2.22. The average molecular weight is 509 g/mol. The Bertz CT molecular complexity index is 1530. The van der Waals surface area contributed by atoms with Gasteiger partial charge in [0.1, 0.15) is 0 Å². The number of rotatable bonds is 13. The molecule has 6 aromatic rings. The Morgan fingerprint density at radius 3 is 1.53 bits per heavy atom. The van der Waals surface area contributed by atoms with E-state index in [1.54, 1.807) is 0 Å². The number of nitrogens with one attached hydrogen (secondary N) is 4. The Hall–Kier alpha value is -3.82. The van der Waals surface area contributed by atoms with Gasteiger partial charge >= 0.3 is 0 Å². The molecule has 8 nitrogen and oxygen atoms in total. The van der Waals surface area contributed by atoms with Gasteiger partial charge in [0.25, 0.3) is 0 Å². The normalized spacial score (nSPS) is 11.9. The molecule has 0 radical (unpaired) electrons. The molecule has 0 amide bonds. The summed E-state index contributed by atoms with van der Waals surface area (Å²) in [6, 6.07) is 20.8. The van der Waals surface area contributed by atoms with Crippen LogP contribution >= 0.6 is 0 Å². The van der Waals surface area contributed by atoms with E-state index in [4.69, 9.17) is 9.47 Å². The van der Waals surface area contributed by atoms with E-state index < -0.39 is 0 Å². The number of aromatic amines is 2. The smallest absolute Gasteiger partial charge is 0.0782 e. The molecule has 0 bridgehead atoms. The second kappa shape index (κ2) is 11.7. The van der Waals surface area contributed by atoms with Gasteiger partial charge in [-0.3, -0.25) is 9.97 Å². The maximum Gasteiger partial charge on any atom is 0.0782 e. The van der Waals surface area contributed by atoms with Crippen LogP contribution in [0.15, 0.2) is 73.1 Å². The van der Waals surface area contributed by atoms with Crippen molar-refractivity contribution in [2.75, 3.05) is 39.5 Å². The predicted octanol–water partition coefficient (Wildman–Crippen LogP) is 4.66. The van der Waals surface area contributed by atoms with Crippen LogP contribution in [0.5, 0.6) is 0 Å². The fourth-order valence-electron chi connectivity index (χ4n) is 4.95. The summed E-state index contributed by atoms with van der Waals surface area (Å²) < 4.78 is 11.4. The standard InChI is InChI=1S/C30H32N6O2/c1-3-7-25-21(5-1)23-9-11-33-27(29(23)35-25)19-31-13-15-37-17-18-38-16-14-32-20-28-30-24(10-12-34-28)22-6-2-4-8-26(22)36-30/h1-12,31-32,35-36H,13-20H2. The van der Waals surface area contributed by atoms with Crippen LogP contribution in [0.2, 0.25) is 0 Å². The minimum atomic E-state index is 0.577. The van der Waals surface area contributed by atoms with Crippen molar-refractivity contribution in [3.05, 3.63) is 84.4 Å². The van der Waals surface area contributed by atoms with Gasteiger partial charge in [0, 0.05) is 71.2 Å². The number of hydrogen-bond donors (Lipinski definition) is 4. The Kier molecular flexibility index (Phi) is 7.55. The van der Waals surface area contributed by atoms with Crippen LogP contribution in [0.25, 0.3) is 43.6 Å². The number of benzene rings is 2. The molecule has 38 heavy (non-hydrogen) atoms. The molecule has 8 heteroatoms. The molecular weight excluding hydrogens is 476 g/mol. The number of para-hydroxylation sites is 2. The van der Waals surface area contributed by atoms with E-state index in [0.717, 1.165) is 46.5 Å². The molecular formula is C30H32N6O2. The molecule has 0 saturated carbocycles. The van der Waals surface area contributed by atoms with Gasteiger partial charge in [-0.1, -0.05) is 36.4 Å². The van der Waals surface area contributed by atoms with Gasteiger partial charge < -0.3 is 30.1 Å².